The van der Waals surface area contributed by atoms with Crippen molar-refractivity contribution in [3.8, 4) is 0 Å². The molecule has 272 valence electrons. The summed E-state index contributed by atoms with van der Waals surface area (Å²) in [5.74, 6) is 2.24. The topological polar surface area (TPSA) is 0 Å². The average molecular weight is 807 g/mol. The van der Waals surface area contributed by atoms with Crippen molar-refractivity contribution in [2.75, 3.05) is 0 Å². The molecule has 4 aromatic carbocycles. The molecule has 52 heavy (non-hydrogen) atoms. The predicted octanol–water partition coefficient (Wildman–Crippen LogP) is 6.80. The van der Waals surface area contributed by atoms with Crippen LogP contribution in [0.4, 0.5) is 0 Å². The van der Waals surface area contributed by atoms with E-state index >= 15 is 0 Å². The maximum atomic E-state index is 2.62. The van der Waals surface area contributed by atoms with Crippen LogP contribution in [0.1, 0.15) is 102 Å². The summed E-state index contributed by atoms with van der Waals surface area (Å²) in [5.41, 5.74) is 15.7. The molecule has 0 aromatic heterocycles. The van der Waals surface area contributed by atoms with Crippen LogP contribution in [0.2, 0.25) is 0 Å². The predicted molar refractivity (Wildman–Crippen MR) is 212 cm³/mol. The summed E-state index contributed by atoms with van der Waals surface area (Å²) in [7, 11) is 0. The maximum absolute atomic E-state index is 2.62. The Balaban J connectivity index is 0.000000218. The first kappa shape index (κ1) is 42.2. The van der Waals surface area contributed by atoms with E-state index in [9.17, 15) is 0 Å². The van der Waals surface area contributed by atoms with Crippen LogP contribution >= 0.6 is 0 Å². The van der Waals surface area contributed by atoms with Crippen molar-refractivity contribution in [1.29, 1.82) is 0 Å². The Morgan fingerprint density at radius 1 is 0.769 bits per heavy atom. The van der Waals surface area contributed by atoms with Gasteiger partial charge in [-0.1, -0.05) is 127 Å². The Morgan fingerprint density at radius 3 is 1.85 bits per heavy atom. The van der Waals surface area contributed by atoms with Crippen molar-refractivity contribution >= 4 is 8.78 Å². The van der Waals surface area contributed by atoms with Gasteiger partial charge < -0.3 is 24.8 Å². The number of hydrogen-bond donors (Lipinski definition) is 0. The van der Waals surface area contributed by atoms with Gasteiger partial charge in [0.1, 0.15) is 0 Å². The van der Waals surface area contributed by atoms with E-state index in [0.29, 0.717) is 5.92 Å². The van der Waals surface area contributed by atoms with Crippen LogP contribution in [-0.4, -0.2) is 3.21 Å². The van der Waals surface area contributed by atoms with Crippen molar-refractivity contribution in [3.63, 3.8) is 0 Å². The minimum absolute atomic E-state index is 0. The van der Waals surface area contributed by atoms with Crippen molar-refractivity contribution in [3.05, 3.63) is 171 Å². The Hall–Kier alpha value is -2.57. The molecule has 0 heterocycles. The summed E-state index contributed by atoms with van der Waals surface area (Å²) in [6, 6.07) is 36.7. The fourth-order valence-corrected chi connectivity index (χ4v) is 10.5. The second-order valence-electron chi connectivity index (χ2n) is 16.8. The second kappa shape index (κ2) is 16.0. The molecule has 0 N–H and O–H groups in total. The normalized spacial score (nSPS) is 22.5. The van der Waals surface area contributed by atoms with Crippen molar-refractivity contribution in [1.82, 2.24) is 0 Å². The zero-order valence-electron chi connectivity index (χ0n) is 32.9. The molecule has 2 unspecified atom stereocenters. The Labute approximate surface area is 342 Å². The van der Waals surface area contributed by atoms with Gasteiger partial charge in [0.05, 0.1) is 0 Å². The third-order valence-electron chi connectivity index (χ3n) is 14.0. The van der Waals surface area contributed by atoms with Crippen LogP contribution in [-0.2, 0) is 30.7 Å². The van der Waals surface area contributed by atoms with Crippen molar-refractivity contribution < 1.29 is 49.0 Å². The van der Waals surface area contributed by atoms with Gasteiger partial charge >= 0.3 is 99.2 Å². The van der Waals surface area contributed by atoms with E-state index in [-0.39, 0.29) is 46.5 Å². The molecule has 1 saturated carbocycles. The summed E-state index contributed by atoms with van der Waals surface area (Å²) in [4.78, 5) is 0. The number of hydrogen-bond acceptors (Lipinski definition) is 0. The van der Waals surface area contributed by atoms with E-state index < -0.39 is 0 Å². The first-order chi connectivity index (χ1) is 23.6. The molecular weight excluding hydrogens is 751 g/mol. The van der Waals surface area contributed by atoms with Crippen molar-refractivity contribution in [2.24, 2.45) is 27.6 Å². The van der Waals surface area contributed by atoms with Crippen LogP contribution < -0.4 is 24.8 Å². The van der Waals surface area contributed by atoms with Crippen LogP contribution in [0.15, 0.2) is 132 Å². The van der Waals surface area contributed by atoms with Gasteiger partial charge in [-0.15, -0.1) is 6.92 Å². The molecule has 0 aliphatic heterocycles. The second-order valence-corrected chi connectivity index (χ2v) is 18.1. The Bertz CT molecular complexity index is 1910. The Morgan fingerprint density at radius 2 is 1.33 bits per heavy atom. The molecule has 4 aliphatic rings. The van der Waals surface area contributed by atoms with Gasteiger partial charge in [0, 0.05) is 0 Å². The van der Waals surface area contributed by atoms with E-state index in [0.717, 1.165) is 6.42 Å². The number of fused-ring (bicyclic) bond motifs is 6. The number of halogens is 2. The SMILES string of the molecule is C[C-]1C2=C3Cc4ccccc4C3=C3C=CCCC3C2(C)C(C)(C)C(C)(C)C1(C)C.Cc1c[cH-]c(C)c1.[Cl-].[Cl-].[Zr+2]=[C](c1ccccc1)c1ccccc1. The van der Waals surface area contributed by atoms with E-state index in [2.05, 4.69) is 185 Å². The molecule has 0 bridgehead atoms. The van der Waals surface area contributed by atoms with Gasteiger partial charge in [-0.3, -0.25) is 0 Å². The zero-order valence-corrected chi connectivity index (χ0v) is 36.9. The van der Waals surface area contributed by atoms with E-state index in [1.165, 1.54) is 73.7 Å². The average Bonchev–Trinajstić information content (AvgIpc) is 3.70. The first-order valence-electron chi connectivity index (χ1n) is 18.6. The van der Waals surface area contributed by atoms with Gasteiger partial charge in [-0.2, -0.15) is 28.8 Å². The molecule has 4 aliphatic carbocycles. The van der Waals surface area contributed by atoms with Crippen molar-refractivity contribution in [2.45, 2.75) is 88.5 Å². The van der Waals surface area contributed by atoms with Crippen LogP contribution in [0.25, 0.3) is 5.57 Å². The fourth-order valence-electron chi connectivity index (χ4n) is 9.66. The monoisotopic (exact) mass is 804 g/mol. The molecule has 0 spiro atoms. The standard InChI is InChI=1S/C29H37.C13H10.C7H9.2ClH.Zr/c1-18-25-22-17-19-13-9-10-14-20(19)24(22)21-15-11-12-16-23(21)29(25,8)28(6,7)27(4,5)26(18,2)3;1-3-7-12(8-4-1)11-13-9-5-2-6-10-13;1-6-3-4-7(2)5-6;;;/h9-11,13-15,23H,12,16-17H2,1-8H3;1-10H;3-5H,1-2H3;2*1H;/q-1;;-1;;;+2/p-2. The van der Waals surface area contributed by atoms with Gasteiger partial charge in [0.2, 0.25) is 0 Å². The number of aryl methyl sites for hydroxylation is 2. The quantitative estimate of drug-likeness (QED) is 0.196. The van der Waals surface area contributed by atoms with E-state index in [4.69, 9.17) is 0 Å². The van der Waals surface area contributed by atoms with Crippen LogP contribution in [0.3, 0.4) is 0 Å². The van der Waals surface area contributed by atoms with Gasteiger partial charge in [-0.05, 0) is 40.6 Å². The van der Waals surface area contributed by atoms with Crippen LogP contribution in [0, 0.1) is 47.3 Å². The summed E-state index contributed by atoms with van der Waals surface area (Å²) in [5, 5.41) is 0. The minimum atomic E-state index is 0. The molecule has 4 aromatic rings. The molecule has 0 nitrogen and oxygen atoms in total. The molecule has 8 rings (SSSR count). The molecule has 2 atom stereocenters. The number of benzene rings is 3. The molecule has 0 saturated heterocycles. The molecule has 1 fully saturated rings. The van der Waals surface area contributed by atoms with Crippen LogP contribution in [0.5, 0.6) is 0 Å². The fraction of sp³-hybridized carbons (Fsp3) is 0.367. The van der Waals surface area contributed by atoms with Gasteiger partial charge in [-0.25, -0.2) is 17.5 Å². The third-order valence-corrected chi connectivity index (χ3v) is 15.4. The summed E-state index contributed by atoms with van der Waals surface area (Å²) >= 11 is 1.46. The summed E-state index contributed by atoms with van der Waals surface area (Å²) < 4.78 is 1.42. The van der Waals surface area contributed by atoms with Gasteiger partial charge in [0.15, 0.2) is 0 Å². The van der Waals surface area contributed by atoms with Gasteiger partial charge in [0.25, 0.3) is 0 Å². The van der Waals surface area contributed by atoms with E-state index in [1.54, 1.807) is 28.2 Å². The zero-order chi connectivity index (χ0) is 36.1. The molecule has 3 heteroatoms. The molecule has 0 radical (unpaired) electrons. The molecule has 0 amide bonds. The Kier molecular flexibility index (Phi) is 13.0. The summed E-state index contributed by atoms with van der Waals surface area (Å²) in [6.07, 6.45) is 8.50. The number of allylic oxidation sites excluding steroid dienone is 6. The summed E-state index contributed by atoms with van der Waals surface area (Å²) in [6.45, 7) is 24.5. The number of rotatable bonds is 2. The molecular formula is C49H56Cl2Zr-2. The first-order valence-corrected chi connectivity index (χ1v) is 19.8. The van der Waals surface area contributed by atoms with E-state index in [1.807, 2.05) is 0 Å². The third kappa shape index (κ3) is 6.94.